The lowest BCUT2D eigenvalue weighted by Gasteiger charge is -2.17. The second kappa shape index (κ2) is 10.9. The molecule has 2 N–H and O–H groups in total. The number of halogens is 1. The lowest BCUT2D eigenvalue weighted by atomic mass is 10.3. The number of benzene rings is 1. The summed E-state index contributed by atoms with van der Waals surface area (Å²) in [5, 5.41) is 6.46. The van der Waals surface area contributed by atoms with Crippen LogP contribution in [0.2, 0.25) is 0 Å². The zero-order valence-electron chi connectivity index (χ0n) is 11.8. The number of hydrogen-bond donors (Lipinski definition) is 2. The van der Waals surface area contributed by atoms with Crippen molar-refractivity contribution in [3.63, 3.8) is 0 Å². The molecule has 19 heavy (non-hydrogen) atoms. The van der Waals surface area contributed by atoms with Gasteiger partial charge in [-0.05, 0) is 25.5 Å². The summed E-state index contributed by atoms with van der Waals surface area (Å²) < 4.78 is 5.77. The first-order valence-corrected chi connectivity index (χ1v) is 6.42. The van der Waals surface area contributed by atoms with Crippen molar-refractivity contribution in [2.24, 2.45) is 4.99 Å². The first-order valence-electron chi connectivity index (χ1n) is 6.42. The summed E-state index contributed by atoms with van der Waals surface area (Å²) >= 11 is 0. The Labute approximate surface area is 133 Å². The van der Waals surface area contributed by atoms with Crippen molar-refractivity contribution < 1.29 is 4.74 Å². The van der Waals surface area contributed by atoms with Crippen LogP contribution in [0.25, 0.3) is 0 Å². The highest BCUT2D eigenvalue weighted by molar-refractivity contribution is 14.0. The van der Waals surface area contributed by atoms with Gasteiger partial charge in [-0.2, -0.15) is 0 Å². The minimum absolute atomic E-state index is 0. The molecule has 0 aliphatic heterocycles. The molecule has 4 nitrogen and oxygen atoms in total. The lowest BCUT2D eigenvalue weighted by Crippen LogP contribution is -2.42. The second-order valence-electron chi connectivity index (χ2n) is 4.12. The summed E-state index contributed by atoms with van der Waals surface area (Å²) in [5.41, 5.74) is 0. The maximum absolute atomic E-state index is 5.77. The Bertz CT molecular complexity index is 357. The van der Waals surface area contributed by atoms with Crippen molar-refractivity contribution in [1.29, 1.82) is 0 Å². The standard InChI is InChI=1S/C14H23N3O.HI/c1-4-10-16-14(15-3)17-11-12(2)18-13-8-6-5-7-9-13;/h5-9,12H,4,10-11H2,1-3H3,(H2,15,16,17);1H. The van der Waals surface area contributed by atoms with E-state index < -0.39 is 0 Å². The average molecular weight is 377 g/mol. The third-order valence-electron chi connectivity index (χ3n) is 2.40. The summed E-state index contributed by atoms with van der Waals surface area (Å²) in [5.74, 6) is 1.71. The van der Waals surface area contributed by atoms with E-state index in [0.29, 0.717) is 0 Å². The van der Waals surface area contributed by atoms with Gasteiger partial charge in [-0.15, -0.1) is 24.0 Å². The zero-order chi connectivity index (χ0) is 13.2. The van der Waals surface area contributed by atoms with Crippen LogP contribution in [0, 0.1) is 0 Å². The fourth-order valence-corrected chi connectivity index (χ4v) is 1.48. The van der Waals surface area contributed by atoms with Gasteiger partial charge in [-0.25, -0.2) is 0 Å². The molecule has 0 fully saturated rings. The normalized spacial score (nSPS) is 12.3. The van der Waals surface area contributed by atoms with Gasteiger partial charge < -0.3 is 15.4 Å². The van der Waals surface area contributed by atoms with Crippen LogP contribution >= 0.6 is 24.0 Å². The molecule has 0 aliphatic rings. The van der Waals surface area contributed by atoms with Crippen molar-refractivity contribution in [2.45, 2.75) is 26.4 Å². The van der Waals surface area contributed by atoms with Crippen LogP contribution in [0.5, 0.6) is 5.75 Å². The van der Waals surface area contributed by atoms with E-state index in [1.165, 1.54) is 0 Å². The number of aliphatic imine (C=N–C) groups is 1. The summed E-state index contributed by atoms with van der Waals surface area (Å²) in [7, 11) is 1.77. The van der Waals surface area contributed by atoms with Crippen LogP contribution in [0.15, 0.2) is 35.3 Å². The first-order chi connectivity index (χ1) is 8.76. The molecular weight excluding hydrogens is 353 g/mol. The lowest BCUT2D eigenvalue weighted by molar-refractivity contribution is 0.224. The number of guanidine groups is 1. The van der Waals surface area contributed by atoms with E-state index in [0.717, 1.165) is 31.2 Å². The summed E-state index contributed by atoms with van der Waals surface area (Å²) in [6, 6.07) is 9.84. The Morgan fingerprint density at radius 3 is 2.53 bits per heavy atom. The smallest absolute Gasteiger partial charge is 0.191 e. The van der Waals surface area contributed by atoms with E-state index >= 15 is 0 Å². The van der Waals surface area contributed by atoms with Gasteiger partial charge in [0.1, 0.15) is 11.9 Å². The zero-order valence-corrected chi connectivity index (χ0v) is 14.2. The Kier molecular flexibility index (Phi) is 10.3. The molecular formula is C14H24IN3O. The van der Waals surface area contributed by atoms with Crippen LogP contribution in [0.1, 0.15) is 20.3 Å². The van der Waals surface area contributed by atoms with Gasteiger partial charge in [-0.3, -0.25) is 4.99 Å². The highest BCUT2D eigenvalue weighted by atomic mass is 127. The third-order valence-corrected chi connectivity index (χ3v) is 2.40. The fraction of sp³-hybridized carbons (Fsp3) is 0.500. The van der Waals surface area contributed by atoms with Crippen molar-refractivity contribution in [2.75, 3.05) is 20.1 Å². The molecule has 0 heterocycles. The molecule has 0 bridgehead atoms. The number of nitrogens with zero attached hydrogens (tertiary/aromatic N) is 1. The third kappa shape index (κ3) is 7.92. The van der Waals surface area contributed by atoms with E-state index in [2.05, 4.69) is 22.5 Å². The molecule has 0 saturated heterocycles. The van der Waals surface area contributed by atoms with Gasteiger partial charge >= 0.3 is 0 Å². The molecule has 1 unspecified atom stereocenters. The van der Waals surface area contributed by atoms with Gasteiger partial charge in [0.25, 0.3) is 0 Å². The average Bonchev–Trinajstić information content (AvgIpc) is 2.40. The molecule has 0 spiro atoms. The fourth-order valence-electron chi connectivity index (χ4n) is 1.48. The maximum Gasteiger partial charge on any atom is 0.191 e. The molecule has 0 aromatic heterocycles. The molecule has 0 aliphatic carbocycles. The van der Waals surface area contributed by atoms with E-state index in [4.69, 9.17) is 4.74 Å². The summed E-state index contributed by atoms with van der Waals surface area (Å²) in [6.07, 6.45) is 1.17. The van der Waals surface area contributed by atoms with Crippen molar-refractivity contribution in [1.82, 2.24) is 10.6 Å². The van der Waals surface area contributed by atoms with Crippen molar-refractivity contribution in [3.05, 3.63) is 30.3 Å². The SMILES string of the molecule is CCCNC(=NC)NCC(C)Oc1ccccc1.I. The number of hydrogen-bond acceptors (Lipinski definition) is 2. The van der Waals surface area contributed by atoms with Gasteiger partial charge in [0.2, 0.25) is 0 Å². The Morgan fingerprint density at radius 2 is 1.95 bits per heavy atom. The molecule has 0 saturated carbocycles. The van der Waals surface area contributed by atoms with Crippen LogP contribution < -0.4 is 15.4 Å². The molecule has 0 radical (unpaired) electrons. The van der Waals surface area contributed by atoms with Crippen LogP contribution in [0.3, 0.4) is 0 Å². The van der Waals surface area contributed by atoms with Crippen LogP contribution in [-0.2, 0) is 0 Å². The van der Waals surface area contributed by atoms with Gasteiger partial charge in [0, 0.05) is 13.6 Å². The monoisotopic (exact) mass is 377 g/mol. The van der Waals surface area contributed by atoms with E-state index in [1.807, 2.05) is 37.3 Å². The van der Waals surface area contributed by atoms with E-state index in [-0.39, 0.29) is 30.1 Å². The number of para-hydroxylation sites is 1. The molecule has 108 valence electrons. The highest BCUT2D eigenvalue weighted by Gasteiger charge is 2.04. The van der Waals surface area contributed by atoms with Gasteiger partial charge in [-0.1, -0.05) is 25.1 Å². The molecule has 1 aromatic rings. The highest BCUT2D eigenvalue weighted by Crippen LogP contribution is 2.10. The number of ether oxygens (including phenoxy) is 1. The Balaban J connectivity index is 0.00000324. The second-order valence-corrected chi connectivity index (χ2v) is 4.12. The molecule has 1 aromatic carbocycles. The Morgan fingerprint density at radius 1 is 1.26 bits per heavy atom. The van der Waals surface area contributed by atoms with E-state index in [9.17, 15) is 0 Å². The summed E-state index contributed by atoms with van der Waals surface area (Å²) in [6.45, 7) is 5.81. The molecule has 5 heteroatoms. The predicted molar refractivity (Wildman–Crippen MR) is 91.6 cm³/mol. The van der Waals surface area contributed by atoms with Gasteiger partial charge in [0.05, 0.1) is 6.54 Å². The minimum Gasteiger partial charge on any atom is -0.489 e. The minimum atomic E-state index is 0. The quantitative estimate of drug-likeness (QED) is 0.455. The molecule has 1 atom stereocenters. The van der Waals surface area contributed by atoms with Crippen LogP contribution in [-0.4, -0.2) is 32.2 Å². The van der Waals surface area contributed by atoms with Gasteiger partial charge in [0.15, 0.2) is 5.96 Å². The number of nitrogens with one attached hydrogen (secondary N) is 2. The largest absolute Gasteiger partial charge is 0.489 e. The summed E-state index contributed by atoms with van der Waals surface area (Å²) in [4.78, 5) is 4.14. The Hall–Kier alpha value is -0.980. The predicted octanol–water partition coefficient (Wildman–Crippen LogP) is 2.65. The van der Waals surface area contributed by atoms with Crippen molar-refractivity contribution in [3.8, 4) is 5.75 Å². The molecule has 0 amide bonds. The topological polar surface area (TPSA) is 45.7 Å². The van der Waals surface area contributed by atoms with Crippen LogP contribution in [0.4, 0.5) is 0 Å². The van der Waals surface area contributed by atoms with E-state index in [1.54, 1.807) is 7.05 Å². The maximum atomic E-state index is 5.77. The molecule has 1 rings (SSSR count). The number of rotatable bonds is 6. The first kappa shape index (κ1) is 18.0. The van der Waals surface area contributed by atoms with Crippen molar-refractivity contribution >= 4 is 29.9 Å².